The summed E-state index contributed by atoms with van der Waals surface area (Å²) in [6, 6.07) is 5.45. The summed E-state index contributed by atoms with van der Waals surface area (Å²) in [6.07, 6.45) is 0. The van der Waals surface area contributed by atoms with E-state index in [1.54, 1.807) is 12.1 Å². The summed E-state index contributed by atoms with van der Waals surface area (Å²) in [6.45, 7) is 3.96. The average molecular weight is 285 g/mol. The van der Waals surface area contributed by atoms with Crippen molar-refractivity contribution in [2.75, 3.05) is 0 Å². The van der Waals surface area contributed by atoms with E-state index in [0.29, 0.717) is 14.7 Å². The fourth-order valence-electron chi connectivity index (χ4n) is 1.55. The van der Waals surface area contributed by atoms with Gasteiger partial charge in [0, 0.05) is 5.56 Å². The molecule has 0 aliphatic rings. The molecule has 2 aromatic rings. The van der Waals surface area contributed by atoms with Gasteiger partial charge < -0.3 is 0 Å². The Kier molecular flexibility index (Phi) is 3.52. The van der Waals surface area contributed by atoms with Crippen molar-refractivity contribution in [3.8, 4) is 11.3 Å². The molecule has 0 radical (unpaired) electrons. The van der Waals surface area contributed by atoms with Gasteiger partial charge in [-0.2, -0.15) is 5.10 Å². The van der Waals surface area contributed by atoms with E-state index in [1.165, 1.54) is 0 Å². The Morgan fingerprint density at radius 1 is 1.12 bits per heavy atom. The van der Waals surface area contributed by atoms with Crippen molar-refractivity contribution in [1.29, 1.82) is 0 Å². The van der Waals surface area contributed by atoms with E-state index in [9.17, 15) is 0 Å². The number of benzene rings is 1. The SMILES string of the molecule is Cc1c(-c2ccc(Cl)c(Cl)c2)n[nH]c(=S)c1C. The van der Waals surface area contributed by atoms with Crippen molar-refractivity contribution in [3.05, 3.63) is 44.0 Å². The fraction of sp³-hybridized carbons (Fsp3) is 0.167. The van der Waals surface area contributed by atoms with E-state index < -0.39 is 0 Å². The molecule has 17 heavy (non-hydrogen) atoms. The molecule has 1 heterocycles. The molecule has 2 rings (SSSR count). The highest BCUT2D eigenvalue weighted by molar-refractivity contribution is 7.71. The minimum Gasteiger partial charge on any atom is -0.267 e. The number of nitrogens with zero attached hydrogens (tertiary/aromatic N) is 1. The van der Waals surface area contributed by atoms with E-state index in [4.69, 9.17) is 35.4 Å². The van der Waals surface area contributed by atoms with Crippen LogP contribution < -0.4 is 0 Å². The Morgan fingerprint density at radius 2 is 1.82 bits per heavy atom. The van der Waals surface area contributed by atoms with E-state index in [2.05, 4.69) is 10.2 Å². The molecule has 0 bridgehead atoms. The zero-order valence-corrected chi connectivity index (χ0v) is 11.7. The van der Waals surface area contributed by atoms with Crippen LogP contribution in [0.4, 0.5) is 0 Å². The molecule has 0 aliphatic heterocycles. The van der Waals surface area contributed by atoms with Crippen LogP contribution in [-0.4, -0.2) is 10.2 Å². The number of rotatable bonds is 1. The molecule has 0 aliphatic carbocycles. The largest absolute Gasteiger partial charge is 0.267 e. The summed E-state index contributed by atoms with van der Waals surface area (Å²) in [7, 11) is 0. The zero-order valence-electron chi connectivity index (χ0n) is 9.34. The molecule has 0 spiro atoms. The van der Waals surface area contributed by atoms with Gasteiger partial charge in [0.2, 0.25) is 0 Å². The Morgan fingerprint density at radius 3 is 2.47 bits per heavy atom. The van der Waals surface area contributed by atoms with Crippen molar-refractivity contribution in [1.82, 2.24) is 10.2 Å². The number of hydrogen-bond acceptors (Lipinski definition) is 2. The molecule has 1 N–H and O–H groups in total. The topological polar surface area (TPSA) is 28.7 Å². The highest BCUT2D eigenvalue weighted by atomic mass is 35.5. The molecule has 88 valence electrons. The first kappa shape index (κ1) is 12.6. The van der Waals surface area contributed by atoms with Gasteiger partial charge in [0.15, 0.2) is 0 Å². The van der Waals surface area contributed by atoms with E-state index in [1.807, 2.05) is 19.9 Å². The van der Waals surface area contributed by atoms with Gasteiger partial charge in [-0.1, -0.05) is 41.5 Å². The first-order valence-corrected chi connectivity index (χ1v) is 6.18. The summed E-state index contributed by atoms with van der Waals surface area (Å²) >= 11 is 17.0. The van der Waals surface area contributed by atoms with Gasteiger partial charge in [-0.25, -0.2) is 0 Å². The standard InChI is InChI=1S/C12H10Cl2N2S/c1-6-7(2)12(17)16-15-11(6)8-3-4-9(13)10(14)5-8/h3-5H,1-2H3,(H,16,17). The molecule has 0 unspecified atom stereocenters. The molecular weight excluding hydrogens is 275 g/mol. The Hall–Kier alpha value is -0.900. The molecule has 5 heteroatoms. The summed E-state index contributed by atoms with van der Waals surface area (Å²) in [5.74, 6) is 0. The van der Waals surface area contributed by atoms with Crippen molar-refractivity contribution < 1.29 is 0 Å². The summed E-state index contributed by atoms with van der Waals surface area (Å²) in [5, 5.41) is 8.13. The molecule has 0 saturated carbocycles. The van der Waals surface area contributed by atoms with Crippen molar-refractivity contribution in [2.24, 2.45) is 0 Å². The van der Waals surface area contributed by atoms with Gasteiger partial charge in [0.1, 0.15) is 4.64 Å². The zero-order chi connectivity index (χ0) is 12.6. The summed E-state index contributed by atoms with van der Waals surface area (Å²) < 4.78 is 0.659. The second-order valence-electron chi connectivity index (χ2n) is 3.78. The lowest BCUT2D eigenvalue weighted by molar-refractivity contribution is 0.987. The quantitative estimate of drug-likeness (QED) is 0.767. The van der Waals surface area contributed by atoms with Crippen LogP contribution in [0.25, 0.3) is 11.3 Å². The summed E-state index contributed by atoms with van der Waals surface area (Å²) in [4.78, 5) is 0. The smallest absolute Gasteiger partial charge is 0.122 e. The third-order valence-corrected chi connectivity index (χ3v) is 3.86. The van der Waals surface area contributed by atoms with Gasteiger partial charge in [0.25, 0.3) is 0 Å². The van der Waals surface area contributed by atoms with Crippen LogP contribution in [0.1, 0.15) is 11.1 Å². The second-order valence-corrected chi connectivity index (χ2v) is 5.00. The molecular formula is C12H10Cl2N2S. The first-order valence-electron chi connectivity index (χ1n) is 5.02. The van der Waals surface area contributed by atoms with Crippen LogP contribution in [0.5, 0.6) is 0 Å². The number of aromatic nitrogens is 2. The molecule has 1 aromatic heterocycles. The van der Waals surface area contributed by atoms with Crippen LogP contribution in [0, 0.1) is 18.5 Å². The summed E-state index contributed by atoms with van der Waals surface area (Å²) in [5.41, 5.74) is 3.84. The molecule has 0 saturated heterocycles. The number of nitrogens with one attached hydrogen (secondary N) is 1. The molecule has 2 nitrogen and oxygen atoms in total. The van der Waals surface area contributed by atoms with Gasteiger partial charge in [0.05, 0.1) is 15.7 Å². The van der Waals surface area contributed by atoms with E-state index in [-0.39, 0.29) is 0 Å². The fourth-order valence-corrected chi connectivity index (χ4v) is 2.04. The number of H-pyrrole nitrogens is 1. The van der Waals surface area contributed by atoms with Gasteiger partial charge >= 0.3 is 0 Å². The minimum absolute atomic E-state index is 0.519. The van der Waals surface area contributed by atoms with Gasteiger partial charge in [-0.15, -0.1) is 0 Å². The Balaban J connectivity index is 2.65. The lowest BCUT2D eigenvalue weighted by Gasteiger charge is -2.08. The van der Waals surface area contributed by atoms with E-state index >= 15 is 0 Å². The highest BCUT2D eigenvalue weighted by Crippen LogP contribution is 2.29. The number of aromatic amines is 1. The monoisotopic (exact) mass is 284 g/mol. The predicted molar refractivity (Wildman–Crippen MR) is 74.4 cm³/mol. The van der Waals surface area contributed by atoms with E-state index in [0.717, 1.165) is 22.4 Å². The molecule has 0 amide bonds. The lowest BCUT2D eigenvalue weighted by Crippen LogP contribution is -1.96. The van der Waals surface area contributed by atoms with Crippen LogP contribution >= 0.6 is 35.4 Å². The van der Waals surface area contributed by atoms with Crippen LogP contribution in [0.3, 0.4) is 0 Å². The molecule has 0 atom stereocenters. The van der Waals surface area contributed by atoms with Crippen molar-refractivity contribution in [3.63, 3.8) is 0 Å². The van der Waals surface area contributed by atoms with Gasteiger partial charge in [-0.05, 0) is 37.1 Å². The van der Waals surface area contributed by atoms with Gasteiger partial charge in [-0.3, -0.25) is 5.10 Å². The first-order chi connectivity index (χ1) is 8.00. The Bertz CT molecular complexity index is 635. The van der Waals surface area contributed by atoms with Crippen molar-refractivity contribution >= 4 is 35.4 Å². The molecule has 1 aromatic carbocycles. The number of hydrogen-bond donors (Lipinski definition) is 1. The average Bonchev–Trinajstić information content (AvgIpc) is 2.30. The minimum atomic E-state index is 0.519. The highest BCUT2D eigenvalue weighted by Gasteiger charge is 2.09. The van der Waals surface area contributed by atoms with Crippen molar-refractivity contribution in [2.45, 2.75) is 13.8 Å². The normalized spacial score (nSPS) is 10.6. The maximum absolute atomic E-state index is 6.00. The van der Waals surface area contributed by atoms with Crippen LogP contribution in [0.15, 0.2) is 18.2 Å². The predicted octanol–water partition coefficient (Wildman–Crippen LogP) is 4.73. The maximum Gasteiger partial charge on any atom is 0.122 e. The van der Waals surface area contributed by atoms with Crippen LogP contribution in [0.2, 0.25) is 10.0 Å². The third-order valence-electron chi connectivity index (χ3n) is 2.72. The third kappa shape index (κ3) is 2.37. The number of halogens is 2. The Labute approximate surface area is 115 Å². The van der Waals surface area contributed by atoms with Crippen LogP contribution in [-0.2, 0) is 0 Å². The maximum atomic E-state index is 6.00. The second kappa shape index (κ2) is 4.77. The lowest BCUT2D eigenvalue weighted by atomic mass is 10.0. The molecule has 0 fully saturated rings.